The number of carbonyl (C=O) groups excluding carboxylic acids is 1. The van der Waals surface area contributed by atoms with Gasteiger partial charge in [-0.1, -0.05) is 6.07 Å². The van der Waals surface area contributed by atoms with Crippen LogP contribution in [-0.4, -0.2) is 33.5 Å². The van der Waals surface area contributed by atoms with Gasteiger partial charge in [-0.15, -0.1) is 11.3 Å². The van der Waals surface area contributed by atoms with Crippen LogP contribution in [0, 0.1) is 0 Å². The van der Waals surface area contributed by atoms with E-state index >= 15 is 0 Å². The van der Waals surface area contributed by atoms with Gasteiger partial charge < -0.3 is 10.2 Å². The molecule has 26 heavy (non-hydrogen) atoms. The van der Waals surface area contributed by atoms with E-state index in [0.29, 0.717) is 0 Å². The van der Waals surface area contributed by atoms with Crippen molar-refractivity contribution in [2.24, 2.45) is 0 Å². The number of benzene rings is 1. The number of aromatic nitrogens is 2. The molecule has 0 radical (unpaired) electrons. The second-order valence-corrected chi connectivity index (χ2v) is 7.55. The van der Waals surface area contributed by atoms with Gasteiger partial charge in [-0.25, -0.2) is 9.78 Å². The number of rotatable bonds is 4. The highest BCUT2D eigenvalue weighted by atomic mass is 32.1. The van der Waals surface area contributed by atoms with Crippen LogP contribution < -0.4 is 5.32 Å². The Morgan fingerprint density at radius 2 is 2.19 bits per heavy atom. The van der Waals surface area contributed by atoms with Gasteiger partial charge in [0.2, 0.25) is 0 Å². The lowest BCUT2D eigenvalue weighted by Crippen LogP contribution is -2.46. The van der Waals surface area contributed by atoms with Crippen molar-refractivity contribution < 1.29 is 4.79 Å². The van der Waals surface area contributed by atoms with Crippen LogP contribution in [0.1, 0.15) is 31.4 Å². The smallest absolute Gasteiger partial charge is 0.322 e. The zero-order valence-electron chi connectivity index (χ0n) is 14.6. The summed E-state index contributed by atoms with van der Waals surface area (Å²) in [5.74, 6) is 0. The molecule has 1 saturated heterocycles. The van der Waals surface area contributed by atoms with Gasteiger partial charge in [-0.2, -0.15) is 0 Å². The second-order valence-electron chi connectivity index (χ2n) is 6.67. The fourth-order valence-electron chi connectivity index (χ4n) is 3.56. The summed E-state index contributed by atoms with van der Waals surface area (Å²) in [4.78, 5) is 23.5. The third kappa shape index (κ3) is 3.85. The summed E-state index contributed by atoms with van der Waals surface area (Å²) in [6.45, 7) is 0.821. The van der Waals surface area contributed by atoms with Crippen LogP contribution >= 0.6 is 11.3 Å². The van der Waals surface area contributed by atoms with Gasteiger partial charge in [-0.3, -0.25) is 4.98 Å². The van der Waals surface area contributed by atoms with Crippen molar-refractivity contribution >= 4 is 33.3 Å². The van der Waals surface area contributed by atoms with Gasteiger partial charge in [0.25, 0.3) is 0 Å². The quantitative estimate of drug-likeness (QED) is 0.727. The Kier molecular flexibility index (Phi) is 5.11. The monoisotopic (exact) mass is 366 g/mol. The molecule has 3 heterocycles. The fraction of sp³-hybridized carbons (Fsp3) is 0.350. The van der Waals surface area contributed by atoms with Crippen molar-refractivity contribution in [1.29, 1.82) is 0 Å². The number of thiazole rings is 1. The fourth-order valence-corrected chi connectivity index (χ4v) is 4.27. The molecular weight excluding hydrogens is 344 g/mol. The number of pyridine rings is 1. The minimum Gasteiger partial charge on any atom is -0.322 e. The van der Waals surface area contributed by atoms with E-state index in [4.69, 9.17) is 0 Å². The van der Waals surface area contributed by atoms with E-state index in [9.17, 15) is 4.79 Å². The van der Waals surface area contributed by atoms with Gasteiger partial charge in [0, 0.05) is 30.2 Å². The molecule has 1 unspecified atom stereocenters. The van der Waals surface area contributed by atoms with Crippen LogP contribution in [0.15, 0.2) is 48.1 Å². The van der Waals surface area contributed by atoms with Crippen molar-refractivity contribution in [3.05, 3.63) is 53.8 Å². The van der Waals surface area contributed by atoms with E-state index in [-0.39, 0.29) is 12.1 Å². The first-order chi connectivity index (χ1) is 12.8. The molecule has 2 aromatic heterocycles. The zero-order chi connectivity index (χ0) is 17.8. The molecule has 2 amide bonds. The van der Waals surface area contributed by atoms with Gasteiger partial charge >= 0.3 is 6.03 Å². The highest BCUT2D eigenvalue weighted by molar-refractivity contribution is 7.16. The largest absolute Gasteiger partial charge is 0.322 e. The first-order valence-electron chi connectivity index (χ1n) is 9.10. The van der Waals surface area contributed by atoms with Crippen molar-refractivity contribution in [1.82, 2.24) is 14.9 Å². The number of nitrogens with one attached hydrogen (secondary N) is 1. The summed E-state index contributed by atoms with van der Waals surface area (Å²) in [5, 5.41) is 3.07. The van der Waals surface area contributed by atoms with E-state index in [1.54, 1.807) is 11.3 Å². The van der Waals surface area contributed by atoms with Gasteiger partial charge in [0.15, 0.2) is 0 Å². The number of amides is 2. The Morgan fingerprint density at radius 3 is 3.08 bits per heavy atom. The highest BCUT2D eigenvalue weighted by Gasteiger charge is 2.26. The Labute approximate surface area is 157 Å². The molecule has 5 nitrogen and oxygen atoms in total. The average Bonchev–Trinajstić information content (AvgIpc) is 3.15. The molecule has 134 valence electrons. The van der Waals surface area contributed by atoms with Gasteiger partial charge in [0.05, 0.1) is 15.7 Å². The van der Waals surface area contributed by atoms with E-state index in [0.717, 1.165) is 53.8 Å². The molecule has 1 N–H and O–H groups in total. The van der Waals surface area contributed by atoms with Crippen LogP contribution in [0.4, 0.5) is 10.5 Å². The molecule has 1 atom stereocenters. The van der Waals surface area contributed by atoms with Gasteiger partial charge in [0.1, 0.15) is 0 Å². The molecule has 0 saturated carbocycles. The summed E-state index contributed by atoms with van der Waals surface area (Å²) < 4.78 is 1.09. The minimum atomic E-state index is -0.000383. The first kappa shape index (κ1) is 17.0. The lowest BCUT2D eigenvalue weighted by molar-refractivity contribution is 0.158. The van der Waals surface area contributed by atoms with Crippen LogP contribution in [0.5, 0.6) is 0 Å². The number of urea groups is 1. The lowest BCUT2D eigenvalue weighted by atomic mass is 9.97. The van der Waals surface area contributed by atoms with Crippen molar-refractivity contribution in [2.75, 3.05) is 11.9 Å². The van der Waals surface area contributed by atoms with E-state index in [2.05, 4.69) is 21.4 Å². The third-order valence-corrected chi connectivity index (χ3v) is 5.72. The summed E-state index contributed by atoms with van der Waals surface area (Å²) in [6, 6.07) is 12.2. The number of hydrogen-bond donors (Lipinski definition) is 1. The topological polar surface area (TPSA) is 58.1 Å². The maximum absolute atomic E-state index is 12.9. The number of piperidine rings is 1. The summed E-state index contributed by atoms with van der Waals surface area (Å²) >= 11 is 1.59. The maximum atomic E-state index is 12.9. The molecule has 1 fully saturated rings. The average molecular weight is 366 g/mol. The van der Waals surface area contributed by atoms with Crippen LogP contribution in [0.2, 0.25) is 0 Å². The minimum absolute atomic E-state index is 0.000383. The van der Waals surface area contributed by atoms with Crippen LogP contribution in [-0.2, 0) is 6.42 Å². The van der Waals surface area contributed by atoms with Crippen LogP contribution in [0.25, 0.3) is 10.2 Å². The molecule has 1 aliphatic heterocycles. The molecule has 1 aromatic carbocycles. The molecule has 0 aliphatic carbocycles. The number of fused-ring (bicyclic) bond motifs is 1. The highest BCUT2D eigenvalue weighted by Crippen LogP contribution is 2.25. The summed E-state index contributed by atoms with van der Waals surface area (Å²) in [6.07, 6.45) is 7.01. The molecule has 0 bridgehead atoms. The number of hydrogen-bond acceptors (Lipinski definition) is 4. The number of carbonyl (C=O) groups is 1. The van der Waals surface area contributed by atoms with Crippen molar-refractivity contribution in [3.8, 4) is 0 Å². The molecule has 4 rings (SSSR count). The number of aryl methyl sites for hydroxylation is 1. The normalized spacial score (nSPS) is 17.4. The second kappa shape index (κ2) is 7.83. The van der Waals surface area contributed by atoms with E-state index in [1.165, 1.54) is 6.42 Å². The molecule has 6 heteroatoms. The van der Waals surface area contributed by atoms with Gasteiger partial charge in [-0.05, 0) is 62.4 Å². The molecule has 3 aromatic rings. The van der Waals surface area contributed by atoms with E-state index < -0.39 is 0 Å². The SMILES string of the molecule is O=C(Nc1ccc2ncsc2c1)N1CCCCC1CCc1ccccn1. The predicted octanol–water partition coefficient (Wildman–Crippen LogP) is 4.71. The molecule has 0 spiro atoms. The molecular formula is C20H22N4OS. The Balaban J connectivity index is 1.42. The first-order valence-corrected chi connectivity index (χ1v) is 9.98. The third-order valence-electron chi connectivity index (χ3n) is 4.93. The number of nitrogens with zero attached hydrogens (tertiary/aromatic N) is 3. The molecule has 1 aliphatic rings. The standard InChI is InChI=1S/C20H22N4OS/c25-20(23-16-8-10-18-19(13-16)26-14-22-18)24-12-4-2-6-17(24)9-7-15-5-1-3-11-21-15/h1,3,5,8,10-11,13-14,17H,2,4,6-7,9,12H2,(H,23,25). The lowest BCUT2D eigenvalue weighted by Gasteiger charge is -2.35. The Hall–Kier alpha value is -2.47. The zero-order valence-corrected chi connectivity index (χ0v) is 15.4. The Morgan fingerprint density at radius 1 is 1.23 bits per heavy atom. The van der Waals surface area contributed by atoms with E-state index in [1.807, 2.05) is 46.9 Å². The maximum Gasteiger partial charge on any atom is 0.322 e. The summed E-state index contributed by atoms with van der Waals surface area (Å²) in [7, 11) is 0. The van der Waals surface area contributed by atoms with Crippen molar-refractivity contribution in [2.45, 2.75) is 38.1 Å². The Bertz CT molecular complexity index is 880. The van der Waals surface area contributed by atoms with Crippen LogP contribution in [0.3, 0.4) is 0 Å². The number of likely N-dealkylation sites (tertiary alicyclic amines) is 1. The number of anilines is 1. The summed E-state index contributed by atoms with van der Waals surface area (Å²) in [5.41, 5.74) is 4.73. The van der Waals surface area contributed by atoms with Crippen molar-refractivity contribution in [3.63, 3.8) is 0 Å². The predicted molar refractivity (Wildman–Crippen MR) is 106 cm³/mol.